The predicted molar refractivity (Wildman–Crippen MR) is 84.9 cm³/mol. The molecule has 0 heterocycles. The molecule has 2 aromatic rings. The van der Waals surface area contributed by atoms with Crippen molar-refractivity contribution in [3.05, 3.63) is 63.2 Å². The second-order valence-corrected chi connectivity index (χ2v) is 5.36. The van der Waals surface area contributed by atoms with Crippen LogP contribution in [0, 0.1) is 3.57 Å². The summed E-state index contributed by atoms with van der Waals surface area (Å²) in [7, 11) is 0. The first kappa shape index (κ1) is 14.5. The van der Waals surface area contributed by atoms with Crippen molar-refractivity contribution in [2.75, 3.05) is 5.32 Å². The number of nitrogens with one attached hydrogen (secondary N) is 1. The summed E-state index contributed by atoms with van der Waals surface area (Å²) in [5.41, 5.74) is 1.95. The minimum absolute atomic E-state index is 0.0230. The monoisotopic (exact) mass is 381 g/mol. The molecule has 1 amide bonds. The fourth-order valence-corrected chi connectivity index (χ4v) is 2.36. The van der Waals surface area contributed by atoms with E-state index in [4.69, 9.17) is 5.11 Å². The lowest BCUT2D eigenvalue weighted by Gasteiger charge is -2.07. The number of anilines is 1. The normalized spacial score (nSPS) is 10.1. The summed E-state index contributed by atoms with van der Waals surface area (Å²) in [5.74, 6) is -1.05. The molecule has 0 aliphatic rings. The molecule has 0 bridgehead atoms. The van der Waals surface area contributed by atoms with E-state index < -0.39 is 5.97 Å². The zero-order valence-corrected chi connectivity index (χ0v) is 12.6. The summed E-state index contributed by atoms with van der Waals surface area (Å²) in [6.07, 6.45) is -0.0230. The van der Waals surface area contributed by atoms with Crippen LogP contribution in [0.15, 0.2) is 48.5 Å². The van der Waals surface area contributed by atoms with Crippen LogP contribution >= 0.6 is 22.6 Å². The Labute approximate surface area is 130 Å². The summed E-state index contributed by atoms with van der Waals surface area (Å²) in [6, 6.07) is 14.1. The van der Waals surface area contributed by atoms with Crippen LogP contribution in [0.2, 0.25) is 0 Å². The van der Waals surface area contributed by atoms with Crippen LogP contribution in [0.3, 0.4) is 0 Å². The molecule has 0 aliphatic carbocycles. The number of halogens is 1. The van der Waals surface area contributed by atoms with Gasteiger partial charge in [0.25, 0.3) is 5.91 Å². The van der Waals surface area contributed by atoms with Gasteiger partial charge in [-0.3, -0.25) is 9.59 Å². The maximum absolute atomic E-state index is 12.1. The molecule has 0 aliphatic heterocycles. The molecule has 0 fully saturated rings. The lowest BCUT2D eigenvalue weighted by Crippen LogP contribution is -2.13. The Kier molecular flexibility index (Phi) is 4.73. The molecule has 5 heteroatoms. The zero-order valence-electron chi connectivity index (χ0n) is 10.5. The average Bonchev–Trinajstić information content (AvgIpc) is 2.41. The van der Waals surface area contributed by atoms with Crippen LogP contribution in [0.5, 0.6) is 0 Å². The van der Waals surface area contributed by atoms with E-state index in [0.29, 0.717) is 16.8 Å². The van der Waals surface area contributed by atoms with Gasteiger partial charge in [-0.1, -0.05) is 24.3 Å². The Hall–Kier alpha value is -1.89. The maximum atomic E-state index is 12.1. The second-order valence-electron chi connectivity index (χ2n) is 4.20. The highest BCUT2D eigenvalue weighted by Gasteiger charge is 2.09. The summed E-state index contributed by atoms with van der Waals surface area (Å²) >= 11 is 2.11. The summed E-state index contributed by atoms with van der Waals surface area (Å²) in [5, 5.41) is 11.5. The van der Waals surface area contributed by atoms with E-state index in [1.54, 1.807) is 30.3 Å². The fourth-order valence-electron chi connectivity index (χ4n) is 1.72. The minimum Gasteiger partial charge on any atom is -0.481 e. The molecule has 0 aromatic heterocycles. The van der Waals surface area contributed by atoms with Gasteiger partial charge >= 0.3 is 5.97 Å². The summed E-state index contributed by atoms with van der Waals surface area (Å²) < 4.78 is 0.880. The number of rotatable bonds is 4. The fraction of sp³-hybridized carbons (Fsp3) is 0.0667. The number of carboxylic acids is 1. The Bertz CT molecular complexity index is 638. The standard InChI is InChI=1S/C15H12INO3/c16-13-4-2-1-3-12(13)15(20)17-11-7-5-10(6-8-11)9-14(18)19/h1-8H,9H2,(H,17,20)(H,18,19). The molecular weight excluding hydrogens is 369 g/mol. The molecule has 2 rings (SSSR count). The van der Waals surface area contributed by atoms with Gasteiger partial charge in [-0.05, 0) is 52.4 Å². The van der Waals surface area contributed by atoms with Gasteiger partial charge in [0.15, 0.2) is 0 Å². The lowest BCUT2D eigenvalue weighted by molar-refractivity contribution is -0.136. The van der Waals surface area contributed by atoms with Gasteiger partial charge in [-0.15, -0.1) is 0 Å². The van der Waals surface area contributed by atoms with E-state index in [9.17, 15) is 9.59 Å². The van der Waals surface area contributed by atoms with Gasteiger partial charge in [0.2, 0.25) is 0 Å². The summed E-state index contributed by atoms with van der Waals surface area (Å²) in [6.45, 7) is 0. The van der Waals surface area contributed by atoms with E-state index in [0.717, 1.165) is 3.57 Å². The van der Waals surface area contributed by atoms with Crippen molar-refractivity contribution in [1.29, 1.82) is 0 Å². The van der Waals surface area contributed by atoms with Crippen molar-refractivity contribution in [2.45, 2.75) is 6.42 Å². The van der Waals surface area contributed by atoms with Crippen molar-refractivity contribution < 1.29 is 14.7 Å². The molecule has 2 aromatic carbocycles. The Morgan fingerprint density at radius 1 is 1.05 bits per heavy atom. The van der Waals surface area contributed by atoms with Gasteiger partial charge in [0.05, 0.1) is 12.0 Å². The highest BCUT2D eigenvalue weighted by atomic mass is 127. The molecule has 0 spiro atoms. The Morgan fingerprint density at radius 2 is 1.70 bits per heavy atom. The van der Waals surface area contributed by atoms with Crippen LogP contribution in [0.4, 0.5) is 5.69 Å². The molecule has 0 radical (unpaired) electrons. The number of carbonyl (C=O) groups excluding carboxylic acids is 1. The van der Waals surface area contributed by atoms with Crippen LogP contribution in [-0.2, 0) is 11.2 Å². The number of carboxylic acid groups (broad SMARTS) is 1. The highest BCUT2D eigenvalue weighted by molar-refractivity contribution is 14.1. The minimum atomic E-state index is -0.874. The third-order valence-corrected chi connectivity index (χ3v) is 3.63. The van der Waals surface area contributed by atoms with Crippen LogP contribution < -0.4 is 5.32 Å². The van der Waals surface area contributed by atoms with E-state index >= 15 is 0 Å². The van der Waals surface area contributed by atoms with E-state index in [1.807, 2.05) is 18.2 Å². The largest absolute Gasteiger partial charge is 0.481 e. The van der Waals surface area contributed by atoms with Crippen molar-refractivity contribution >= 4 is 40.2 Å². The maximum Gasteiger partial charge on any atom is 0.307 e. The molecular formula is C15H12INO3. The number of amides is 1. The first-order chi connectivity index (χ1) is 9.56. The quantitative estimate of drug-likeness (QED) is 0.800. The van der Waals surface area contributed by atoms with E-state index in [2.05, 4.69) is 27.9 Å². The van der Waals surface area contributed by atoms with Gasteiger partial charge < -0.3 is 10.4 Å². The van der Waals surface area contributed by atoms with Gasteiger partial charge in [0.1, 0.15) is 0 Å². The molecule has 102 valence electrons. The van der Waals surface area contributed by atoms with Crippen LogP contribution in [0.25, 0.3) is 0 Å². The average molecular weight is 381 g/mol. The topological polar surface area (TPSA) is 66.4 Å². The van der Waals surface area contributed by atoms with Crippen molar-refractivity contribution in [3.8, 4) is 0 Å². The lowest BCUT2D eigenvalue weighted by atomic mass is 10.1. The third kappa shape index (κ3) is 3.80. The molecule has 2 N–H and O–H groups in total. The van der Waals surface area contributed by atoms with Gasteiger partial charge in [-0.25, -0.2) is 0 Å². The van der Waals surface area contributed by atoms with Crippen molar-refractivity contribution in [3.63, 3.8) is 0 Å². The highest BCUT2D eigenvalue weighted by Crippen LogP contribution is 2.15. The molecule has 0 atom stereocenters. The number of benzene rings is 2. The number of carbonyl (C=O) groups is 2. The van der Waals surface area contributed by atoms with Crippen molar-refractivity contribution in [2.24, 2.45) is 0 Å². The van der Waals surface area contributed by atoms with E-state index in [1.165, 1.54) is 0 Å². The molecule has 4 nitrogen and oxygen atoms in total. The molecule has 0 saturated heterocycles. The predicted octanol–water partition coefficient (Wildman–Crippen LogP) is 3.17. The summed E-state index contributed by atoms with van der Waals surface area (Å²) in [4.78, 5) is 22.7. The molecule has 20 heavy (non-hydrogen) atoms. The SMILES string of the molecule is O=C(O)Cc1ccc(NC(=O)c2ccccc2I)cc1. The Morgan fingerprint density at radius 3 is 2.30 bits per heavy atom. The molecule has 0 unspecified atom stereocenters. The van der Waals surface area contributed by atoms with E-state index in [-0.39, 0.29) is 12.3 Å². The second kappa shape index (κ2) is 6.51. The zero-order chi connectivity index (χ0) is 14.5. The van der Waals surface area contributed by atoms with Crippen molar-refractivity contribution in [1.82, 2.24) is 0 Å². The molecule has 0 saturated carbocycles. The first-order valence-corrected chi connectivity index (χ1v) is 7.01. The van der Waals surface area contributed by atoms with Crippen LogP contribution in [-0.4, -0.2) is 17.0 Å². The number of aliphatic carboxylic acids is 1. The van der Waals surface area contributed by atoms with Gasteiger partial charge in [0, 0.05) is 9.26 Å². The number of hydrogen-bond donors (Lipinski definition) is 2. The first-order valence-electron chi connectivity index (χ1n) is 5.93. The smallest absolute Gasteiger partial charge is 0.307 e. The Balaban J connectivity index is 2.09. The van der Waals surface area contributed by atoms with Gasteiger partial charge in [-0.2, -0.15) is 0 Å². The number of hydrogen-bond acceptors (Lipinski definition) is 2. The van der Waals surface area contributed by atoms with Crippen LogP contribution in [0.1, 0.15) is 15.9 Å². The third-order valence-electron chi connectivity index (χ3n) is 2.69.